The zero-order chi connectivity index (χ0) is 25.8. The van der Waals surface area contributed by atoms with Gasteiger partial charge in [-0.2, -0.15) is 9.36 Å². The van der Waals surface area contributed by atoms with Gasteiger partial charge < -0.3 is 21.0 Å². The minimum Gasteiger partial charge on any atom is -0.477 e. The second-order valence-electron chi connectivity index (χ2n) is 7.47. The molecule has 0 radical (unpaired) electrons. The fraction of sp³-hybridized carbons (Fsp3) is 0.286. The Balaban J connectivity index is 1.49. The van der Waals surface area contributed by atoms with Crippen molar-refractivity contribution < 1.29 is 28.9 Å². The molecular weight excluding hydrogens is 526 g/mol. The van der Waals surface area contributed by atoms with Crippen LogP contribution in [0.15, 0.2) is 57.8 Å². The number of amides is 2. The highest BCUT2D eigenvalue weighted by Gasteiger charge is 2.54. The normalized spacial score (nSPS) is 21.6. The zero-order valence-corrected chi connectivity index (χ0v) is 21.5. The van der Waals surface area contributed by atoms with E-state index in [1.165, 1.54) is 34.5 Å². The van der Waals surface area contributed by atoms with Gasteiger partial charge in [0, 0.05) is 33.8 Å². The van der Waals surface area contributed by atoms with Crippen molar-refractivity contribution in [1.29, 1.82) is 0 Å². The van der Waals surface area contributed by atoms with Gasteiger partial charge in [-0.3, -0.25) is 14.5 Å². The van der Waals surface area contributed by atoms with Gasteiger partial charge >= 0.3 is 5.97 Å². The predicted octanol–water partition coefficient (Wildman–Crippen LogP) is 0.728. The number of rotatable bonds is 9. The van der Waals surface area contributed by atoms with Gasteiger partial charge in [-0.15, -0.1) is 11.8 Å². The number of thioether (sulfide) groups is 2. The SMILES string of the molecule is CCO/N=C(\C(=O)NC1C(=O)N2C(C(=O)O)=CC(/C=C/Sc3cc[n+](C)cc3)SC12)c1nsc(N)n1. The molecular formula is C21H22N7O5S3+. The first-order valence-corrected chi connectivity index (χ1v) is 13.2. The smallest absolute Gasteiger partial charge is 0.352 e. The number of carboxylic acids is 1. The highest BCUT2D eigenvalue weighted by atomic mass is 32.2. The van der Waals surface area contributed by atoms with Crippen molar-refractivity contribution in [3.63, 3.8) is 0 Å². The third-order valence-corrected chi connectivity index (χ3v) is 7.75. The van der Waals surface area contributed by atoms with Crippen LogP contribution in [-0.2, 0) is 26.3 Å². The summed E-state index contributed by atoms with van der Waals surface area (Å²) in [6.07, 6.45) is 7.23. The van der Waals surface area contributed by atoms with E-state index >= 15 is 0 Å². The van der Waals surface area contributed by atoms with Crippen LogP contribution in [0.25, 0.3) is 0 Å². The summed E-state index contributed by atoms with van der Waals surface area (Å²) in [5.41, 5.74) is 5.26. The van der Waals surface area contributed by atoms with E-state index in [0.29, 0.717) is 0 Å². The largest absolute Gasteiger partial charge is 0.477 e. The third kappa shape index (κ3) is 5.52. The number of β-lactam (4-membered cyclic amide) rings is 1. The monoisotopic (exact) mass is 548 g/mol. The summed E-state index contributed by atoms with van der Waals surface area (Å²) in [7, 11) is 1.93. The Morgan fingerprint density at radius 3 is 2.81 bits per heavy atom. The number of oxime groups is 1. The number of nitrogens with one attached hydrogen (secondary N) is 1. The molecule has 0 spiro atoms. The summed E-state index contributed by atoms with van der Waals surface area (Å²) in [6.45, 7) is 1.89. The number of fused-ring (bicyclic) bond motifs is 1. The summed E-state index contributed by atoms with van der Waals surface area (Å²) < 4.78 is 5.91. The molecule has 1 fully saturated rings. The Labute approximate surface area is 218 Å². The van der Waals surface area contributed by atoms with Crippen LogP contribution in [0.1, 0.15) is 12.7 Å². The lowest BCUT2D eigenvalue weighted by molar-refractivity contribution is -0.671. The molecule has 2 aromatic heterocycles. The molecule has 0 bridgehead atoms. The maximum atomic E-state index is 13.0. The second-order valence-corrected chi connectivity index (χ2v) is 10.5. The van der Waals surface area contributed by atoms with E-state index < -0.39 is 29.2 Å². The lowest BCUT2D eigenvalue weighted by Crippen LogP contribution is -2.71. The number of hydrogen-bond acceptors (Lipinski definition) is 11. The van der Waals surface area contributed by atoms with Crippen molar-refractivity contribution in [2.75, 3.05) is 12.3 Å². The van der Waals surface area contributed by atoms with Crippen LogP contribution >= 0.6 is 35.1 Å². The number of carboxylic acid groups (broad SMARTS) is 1. The Morgan fingerprint density at radius 2 is 2.17 bits per heavy atom. The van der Waals surface area contributed by atoms with Crippen molar-refractivity contribution >= 4 is 63.7 Å². The Hall–Kier alpha value is -3.43. The van der Waals surface area contributed by atoms with E-state index in [1.54, 1.807) is 6.92 Å². The molecule has 1 saturated heterocycles. The molecule has 12 nitrogen and oxygen atoms in total. The van der Waals surface area contributed by atoms with Crippen molar-refractivity contribution in [2.45, 2.75) is 28.5 Å². The first kappa shape index (κ1) is 25.7. The van der Waals surface area contributed by atoms with Gasteiger partial charge in [-0.25, -0.2) is 9.36 Å². The fourth-order valence-corrected chi connectivity index (χ4v) is 5.92. The molecule has 0 aliphatic carbocycles. The summed E-state index contributed by atoms with van der Waals surface area (Å²) in [6, 6.07) is 2.96. The maximum absolute atomic E-state index is 13.0. The lowest BCUT2D eigenvalue weighted by atomic mass is 10.0. The first-order chi connectivity index (χ1) is 17.3. The highest BCUT2D eigenvalue weighted by molar-refractivity contribution is 8.02. The van der Waals surface area contributed by atoms with Crippen LogP contribution in [0.4, 0.5) is 5.13 Å². The summed E-state index contributed by atoms with van der Waals surface area (Å²) >= 11 is 3.73. The van der Waals surface area contributed by atoms with Crippen LogP contribution in [0.5, 0.6) is 0 Å². The van der Waals surface area contributed by atoms with Crippen molar-refractivity contribution in [3.8, 4) is 0 Å². The van der Waals surface area contributed by atoms with Gasteiger partial charge in [0.25, 0.3) is 11.8 Å². The van der Waals surface area contributed by atoms with E-state index in [1.807, 2.05) is 47.6 Å². The van der Waals surface area contributed by atoms with Crippen LogP contribution in [0, 0.1) is 0 Å². The minimum atomic E-state index is -1.22. The maximum Gasteiger partial charge on any atom is 0.352 e. The summed E-state index contributed by atoms with van der Waals surface area (Å²) in [4.78, 5) is 48.8. The van der Waals surface area contributed by atoms with Crippen LogP contribution in [0.2, 0.25) is 0 Å². The molecule has 4 rings (SSSR count). The number of nitrogen functional groups attached to an aromatic ring is 1. The molecule has 0 aromatic carbocycles. The number of nitrogens with zero attached hydrogens (tertiary/aromatic N) is 5. The van der Waals surface area contributed by atoms with E-state index in [2.05, 4.69) is 19.8 Å². The number of hydrogen-bond donors (Lipinski definition) is 3. The van der Waals surface area contributed by atoms with Gasteiger partial charge in [-0.05, 0) is 18.4 Å². The average molecular weight is 549 g/mol. The number of nitrogens with two attached hydrogens (primary N) is 1. The molecule has 4 heterocycles. The first-order valence-electron chi connectivity index (χ1n) is 10.6. The number of pyridine rings is 1. The van der Waals surface area contributed by atoms with Crippen LogP contribution < -0.4 is 15.6 Å². The molecule has 2 aliphatic rings. The molecule has 2 amide bonds. The summed E-state index contributed by atoms with van der Waals surface area (Å²) in [5.74, 6) is -2.52. The molecule has 3 unspecified atom stereocenters. The molecule has 15 heteroatoms. The van der Waals surface area contributed by atoms with Gasteiger partial charge in [0.1, 0.15) is 30.8 Å². The number of anilines is 1. The number of aryl methyl sites for hydroxylation is 1. The average Bonchev–Trinajstić information content (AvgIpc) is 3.29. The molecule has 4 N–H and O–H groups in total. The second kappa shape index (κ2) is 11.1. The minimum absolute atomic E-state index is 0.0261. The number of carbonyl (C=O) groups is 3. The number of aliphatic carboxylic acids is 1. The van der Waals surface area contributed by atoms with E-state index in [0.717, 1.165) is 16.4 Å². The van der Waals surface area contributed by atoms with E-state index in [9.17, 15) is 19.5 Å². The Bertz CT molecular complexity index is 1260. The van der Waals surface area contributed by atoms with Crippen molar-refractivity contribution in [1.82, 2.24) is 19.6 Å². The molecule has 3 atom stereocenters. The van der Waals surface area contributed by atoms with E-state index in [-0.39, 0.29) is 34.2 Å². The van der Waals surface area contributed by atoms with E-state index in [4.69, 9.17) is 10.6 Å². The third-order valence-electron chi connectivity index (χ3n) is 5.00. The van der Waals surface area contributed by atoms with Crippen molar-refractivity contribution in [3.05, 3.63) is 53.6 Å². The standard InChI is InChI=1S/C21H21N7O5S3/c1-3-33-25-14(16-24-21(22)36-26-16)17(29)23-15-18(30)28-13(20(31)32)10-12(35-19(15)28)6-9-34-11-4-7-27(2)8-5-11/h4-10,12,15,19H,3H2,1-2H3,(H3-,22,23,24,26,29,31,32)/p+1/b9-6+,25-14-. The molecule has 2 aliphatic heterocycles. The lowest BCUT2D eigenvalue weighted by Gasteiger charge is -2.49. The Kier molecular flexibility index (Phi) is 7.91. The van der Waals surface area contributed by atoms with Crippen LogP contribution in [0.3, 0.4) is 0 Å². The van der Waals surface area contributed by atoms with Gasteiger partial charge in [0.05, 0.1) is 0 Å². The van der Waals surface area contributed by atoms with Gasteiger partial charge in [-0.1, -0.05) is 23.0 Å². The highest BCUT2D eigenvalue weighted by Crippen LogP contribution is 2.41. The topological polar surface area (TPSA) is 164 Å². The fourth-order valence-electron chi connectivity index (χ4n) is 3.32. The van der Waals surface area contributed by atoms with Gasteiger partial charge in [0.15, 0.2) is 17.5 Å². The van der Waals surface area contributed by atoms with Gasteiger partial charge in [0.2, 0.25) is 11.5 Å². The quantitative estimate of drug-likeness (QED) is 0.134. The zero-order valence-electron chi connectivity index (χ0n) is 19.1. The summed E-state index contributed by atoms with van der Waals surface area (Å²) in [5, 5.41) is 17.1. The van der Waals surface area contributed by atoms with Crippen molar-refractivity contribution in [2.24, 2.45) is 12.2 Å². The number of aromatic nitrogens is 3. The Morgan fingerprint density at radius 1 is 1.42 bits per heavy atom. The molecule has 36 heavy (non-hydrogen) atoms. The number of carbonyl (C=O) groups excluding carboxylic acids is 2. The molecule has 0 saturated carbocycles. The molecule has 188 valence electrons. The predicted molar refractivity (Wildman–Crippen MR) is 135 cm³/mol. The molecule has 2 aromatic rings. The van der Waals surface area contributed by atoms with Crippen LogP contribution in [-0.4, -0.2) is 66.1 Å².